The van der Waals surface area contributed by atoms with Crippen LogP contribution < -0.4 is 4.74 Å². The fraction of sp³-hybridized carbons (Fsp3) is 0.533. The summed E-state index contributed by atoms with van der Waals surface area (Å²) < 4.78 is 5.43. The number of ether oxygens (including phenoxy) is 1. The van der Waals surface area contributed by atoms with Crippen molar-refractivity contribution in [3.8, 4) is 5.75 Å². The first kappa shape index (κ1) is 13.8. The minimum atomic E-state index is 0.169. The molecule has 0 saturated carbocycles. The third-order valence-corrected chi connectivity index (χ3v) is 2.67. The second-order valence-electron chi connectivity index (χ2n) is 4.32. The van der Waals surface area contributed by atoms with Crippen molar-refractivity contribution in [1.82, 2.24) is 0 Å². The predicted octanol–water partition coefficient (Wildman–Crippen LogP) is 3.78. The largest absolute Gasteiger partial charge is 0.486 e. The van der Waals surface area contributed by atoms with E-state index in [0.717, 1.165) is 18.6 Å². The maximum absolute atomic E-state index is 11.3. The molecule has 94 valence electrons. The monoisotopic (exact) mass is 234 g/mol. The van der Waals surface area contributed by atoms with E-state index in [4.69, 9.17) is 4.74 Å². The fourth-order valence-corrected chi connectivity index (χ4v) is 1.65. The molecule has 0 unspecified atom stereocenters. The number of benzene rings is 1. The SMILES string of the molecule is CCCCc1ccc(OCC(=O)CCC)cc1. The lowest BCUT2D eigenvalue weighted by atomic mass is 10.1. The van der Waals surface area contributed by atoms with Crippen LogP contribution in [0.3, 0.4) is 0 Å². The molecule has 0 spiro atoms. The molecule has 1 aromatic rings. The molecule has 2 nitrogen and oxygen atoms in total. The molecule has 0 atom stereocenters. The van der Waals surface area contributed by atoms with Gasteiger partial charge < -0.3 is 4.74 Å². The van der Waals surface area contributed by atoms with E-state index >= 15 is 0 Å². The molecule has 0 saturated heterocycles. The van der Waals surface area contributed by atoms with Gasteiger partial charge in [0.05, 0.1) is 0 Å². The van der Waals surface area contributed by atoms with Crippen LogP contribution in [0.15, 0.2) is 24.3 Å². The van der Waals surface area contributed by atoms with Crippen LogP contribution in [0.5, 0.6) is 5.75 Å². The smallest absolute Gasteiger partial charge is 0.170 e. The van der Waals surface area contributed by atoms with Gasteiger partial charge in [-0.1, -0.05) is 32.4 Å². The Hall–Kier alpha value is -1.31. The van der Waals surface area contributed by atoms with Gasteiger partial charge in [-0.25, -0.2) is 0 Å². The number of rotatable bonds is 8. The Morgan fingerprint density at radius 1 is 1.12 bits per heavy atom. The van der Waals surface area contributed by atoms with Crippen molar-refractivity contribution >= 4 is 5.78 Å². The van der Waals surface area contributed by atoms with Crippen LogP contribution >= 0.6 is 0 Å². The van der Waals surface area contributed by atoms with Crippen LogP contribution in [0.1, 0.15) is 45.1 Å². The number of carbonyl (C=O) groups excluding carboxylic acids is 1. The van der Waals surface area contributed by atoms with Crippen molar-refractivity contribution in [3.63, 3.8) is 0 Å². The molecule has 1 rings (SSSR count). The van der Waals surface area contributed by atoms with Gasteiger partial charge in [-0.3, -0.25) is 4.79 Å². The minimum Gasteiger partial charge on any atom is -0.486 e. The molecule has 0 N–H and O–H groups in total. The van der Waals surface area contributed by atoms with E-state index in [9.17, 15) is 4.79 Å². The summed E-state index contributed by atoms with van der Waals surface area (Å²) in [6.45, 7) is 4.39. The normalized spacial score (nSPS) is 10.2. The standard InChI is InChI=1S/C15H22O2/c1-3-5-7-13-8-10-15(11-9-13)17-12-14(16)6-4-2/h8-11H,3-7,12H2,1-2H3. The summed E-state index contributed by atoms with van der Waals surface area (Å²) in [5, 5.41) is 0. The van der Waals surface area contributed by atoms with Crippen molar-refractivity contribution in [2.45, 2.75) is 46.0 Å². The topological polar surface area (TPSA) is 26.3 Å². The van der Waals surface area contributed by atoms with E-state index in [0.29, 0.717) is 6.42 Å². The van der Waals surface area contributed by atoms with Crippen LogP contribution in [0.25, 0.3) is 0 Å². The molecule has 0 heterocycles. The molecule has 1 aromatic carbocycles. The average molecular weight is 234 g/mol. The molecule has 0 aliphatic carbocycles. The van der Waals surface area contributed by atoms with Gasteiger partial charge in [-0.15, -0.1) is 0 Å². The van der Waals surface area contributed by atoms with Crippen molar-refractivity contribution in [3.05, 3.63) is 29.8 Å². The summed E-state index contributed by atoms with van der Waals surface area (Å²) in [6, 6.07) is 8.05. The number of carbonyl (C=O) groups is 1. The fourth-order valence-electron chi connectivity index (χ4n) is 1.65. The molecule has 0 bridgehead atoms. The zero-order chi connectivity index (χ0) is 12.5. The van der Waals surface area contributed by atoms with Crippen LogP contribution in [-0.4, -0.2) is 12.4 Å². The maximum Gasteiger partial charge on any atom is 0.170 e. The van der Waals surface area contributed by atoms with E-state index in [2.05, 4.69) is 19.1 Å². The number of Topliss-reactive ketones (excluding diaryl/α,β-unsaturated/α-hetero) is 1. The Bertz CT molecular complexity index is 327. The van der Waals surface area contributed by atoms with Crippen molar-refractivity contribution in [2.75, 3.05) is 6.61 Å². The summed E-state index contributed by atoms with van der Waals surface area (Å²) in [5.41, 5.74) is 1.33. The molecule has 0 fully saturated rings. The molecule has 0 aliphatic heterocycles. The number of ketones is 1. The summed E-state index contributed by atoms with van der Waals surface area (Å²) in [6.07, 6.45) is 5.04. The van der Waals surface area contributed by atoms with E-state index in [1.54, 1.807) is 0 Å². The van der Waals surface area contributed by atoms with E-state index in [1.165, 1.54) is 18.4 Å². The first-order valence-electron chi connectivity index (χ1n) is 6.49. The number of hydrogen-bond donors (Lipinski definition) is 0. The molecule has 0 radical (unpaired) electrons. The van der Waals surface area contributed by atoms with Gasteiger partial charge in [-0.05, 0) is 37.0 Å². The van der Waals surface area contributed by atoms with Crippen molar-refractivity contribution in [1.29, 1.82) is 0 Å². The predicted molar refractivity (Wildman–Crippen MR) is 70.5 cm³/mol. The van der Waals surface area contributed by atoms with Gasteiger partial charge >= 0.3 is 0 Å². The molecule has 0 amide bonds. The summed E-state index contributed by atoms with van der Waals surface area (Å²) in [4.78, 5) is 11.3. The summed E-state index contributed by atoms with van der Waals surface area (Å²) in [5.74, 6) is 0.956. The zero-order valence-corrected chi connectivity index (χ0v) is 10.9. The van der Waals surface area contributed by atoms with Gasteiger partial charge in [0.1, 0.15) is 12.4 Å². The first-order chi connectivity index (χ1) is 8.26. The van der Waals surface area contributed by atoms with Crippen LogP contribution in [-0.2, 0) is 11.2 Å². The molecule has 2 heteroatoms. The Morgan fingerprint density at radius 2 is 1.82 bits per heavy atom. The first-order valence-corrected chi connectivity index (χ1v) is 6.49. The lowest BCUT2D eigenvalue weighted by molar-refractivity contribution is -0.121. The third kappa shape index (κ3) is 5.53. The lowest BCUT2D eigenvalue weighted by Gasteiger charge is -2.06. The van der Waals surface area contributed by atoms with Crippen molar-refractivity contribution in [2.24, 2.45) is 0 Å². The highest BCUT2D eigenvalue weighted by Gasteiger charge is 2.01. The maximum atomic E-state index is 11.3. The molecular formula is C15H22O2. The molecular weight excluding hydrogens is 212 g/mol. The second kappa shape index (κ2) is 7.88. The van der Waals surface area contributed by atoms with Crippen LogP contribution in [0, 0.1) is 0 Å². The highest BCUT2D eigenvalue weighted by molar-refractivity contribution is 5.79. The Labute approximate surface area is 104 Å². The van der Waals surface area contributed by atoms with E-state index in [1.807, 2.05) is 19.1 Å². The molecule has 0 aliphatic rings. The molecule has 17 heavy (non-hydrogen) atoms. The Morgan fingerprint density at radius 3 is 2.41 bits per heavy atom. The Balaban J connectivity index is 2.37. The highest BCUT2D eigenvalue weighted by atomic mass is 16.5. The number of hydrogen-bond acceptors (Lipinski definition) is 2. The van der Waals surface area contributed by atoms with Crippen molar-refractivity contribution < 1.29 is 9.53 Å². The van der Waals surface area contributed by atoms with Crippen LogP contribution in [0.2, 0.25) is 0 Å². The highest BCUT2D eigenvalue weighted by Crippen LogP contribution is 2.14. The van der Waals surface area contributed by atoms with Gasteiger partial charge in [0, 0.05) is 6.42 Å². The number of unbranched alkanes of at least 4 members (excludes halogenated alkanes) is 1. The summed E-state index contributed by atoms with van der Waals surface area (Å²) in [7, 11) is 0. The zero-order valence-electron chi connectivity index (χ0n) is 10.9. The lowest BCUT2D eigenvalue weighted by Crippen LogP contribution is -2.10. The van der Waals surface area contributed by atoms with Gasteiger partial charge in [-0.2, -0.15) is 0 Å². The van der Waals surface area contributed by atoms with Gasteiger partial charge in [0.2, 0.25) is 0 Å². The summed E-state index contributed by atoms with van der Waals surface area (Å²) >= 11 is 0. The third-order valence-electron chi connectivity index (χ3n) is 2.67. The average Bonchev–Trinajstić information content (AvgIpc) is 2.35. The van der Waals surface area contributed by atoms with Gasteiger partial charge in [0.15, 0.2) is 5.78 Å². The second-order valence-corrected chi connectivity index (χ2v) is 4.32. The Kier molecular flexibility index (Phi) is 6.38. The van der Waals surface area contributed by atoms with Gasteiger partial charge in [0.25, 0.3) is 0 Å². The minimum absolute atomic E-state index is 0.169. The van der Waals surface area contributed by atoms with E-state index in [-0.39, 0.29) is 12.4 Å². The number of aryl methyl sites for hydroxylation is 1. The quantitative estimate of drug-likeness (QED) is 0.684. The van der Waals surface area contributed by atoms with Crippen LogP contribution in [0.4, 0.5) is 0 Å². The molecule has 0 aromatic heterocycles. The van der Waals surface area contributed by atoms with E-state index < -0.39 is 0 Å².